The van der Waals surface area contributed by atoms with Gasteiger partial charge in [0.2, 0.25) is 0 Å². The van der Waals surface area contributed by atoms with E-state index in [2.05, 4.69) is 47.1 Å². The summed E-state index contributed by atoms with van der Waals surface area (Å²) in [4.78, 5) is 19.9. The van der Waals surface area contributed by atoms with Crippen LogP contribution in [0.15, 0.2) is 122 Å². The van der Waals surface area contributed by atoms with Gasteiger partial charge in [-0.05, 0) is 47.0 Å². The molecule has 4 heterocycles. The van der Waals surface area contributed by atoms with Crippen molar-refractivity contribution in [1.29, 1.82) is 0 Å². The van der Waals surface area contributed by atoms with Crippen LogP contribution >= 0.6 is 0 Å². The first-order chi connectivity index (χ1) is 22.9. The van der Waals surface area contributed by atoms with Gasteiger partial charge in [0.15, 0.2) is 5.69 Å². The number of nitrogens with zero attached hydrogens (tertiary/aromatic N) is 7. The molecule has 0 aliphatic carbocycles. The molecular weight excluding hydrogens is 792 g/mol. The molecule has 7 aromatic rings. The Morgan fingerprint density at radius 1 is 0.688 bits per heavy atom. The number of halogens is 3. The van der Waals surface area contributed by atoms with Crippen LogP contribution in [-0.2, 0) is 20.1 Å². The van der Waals surface area contributed by atoms with Crippen molar-refractivity contribution in [3.63, 3.8) is 0 Å². The van der Waals surface area contributed by atoms with Crippen LogP contribution in [0.4, 0.5) is 18.9 Å². The van der Waals surface area contributed by atoms with Gasteiger partial charge in [-0.2, -0.15) is 0 Å². The Morgan fingerprint density at radius 2 is 1.23 bits per heavy atom. The first-order valence-electron chi connectivity index (χ1n) is 14.1. The number of hydrogen-bond acceptors (Lipinski definition) is 5. The zero-order valence-corrected chi connectivity index (χ0v) is 27.5. The van der Waals surface area contributed by atoms with Gasteiger partial charge in [-0.1, -0.05) is 78.7 Å². The van der Waals surface area contributed by atoms with E-state index in [1.54, 1.807) is 67.1 Å². The summed E-state index contributed by atoms with van der Waals surface area (Å²) < 4.78 is 39.3. The summed E-state index contributed by atoms with van der Waals surface area (Å²) in [7, 11) is 0. The molecule has 0 aliphatic rings. The van der Waals surface area contributed by atoms with Crippen LogP contribution in [0, 0.1) is 43.1 Å². The van der Waals surface area contributed by atoms with Gasteiger partial charge in [-0.15, -0.1) is 35.9 Å². The fourth-order valence-electron chi connectivity index (χ4n) is 4.08. The number of pyridine rings is 3. The Morgan fingerprint density at radius 3 is 1.73 bits per heavy atom. The van der Waals surface area contributed by atoms with E-state index in [0.29, 0.717) is 40.0 Å². The maximum atomic E-state index is 13.5. The van der Waals surface area contributed by atoms with Gasteiger partial charge < -0.3 is 20.1 Å². The number of rotatable bonds is 4. The second kappa shape index (κ2) is 17.2. The minimum absolute atomic E-state index is 0. The summed E-state index contributed by atoms with van der Waals surface area (Å²) >= 11 is 0. The number of hydrogen-bond donors (Lipinski definition) is 0. The van der Waals surface area contributed by atoms with Crippen molar-refractivity contribution in [3.8, 4) is 45.4 Å². The quantitative estimate of drug-likeness (QED) is 0.166. The Balaban J connectivity index is 0.000000164. The molecule has 0 saturated carbocycles. The van der Waals surface area contributed by atoms with E-state index >= 15 is 0 Å². The van der Waals surface area contributed by atoms with Crippen LogP contribution in [0.3, 0.4) is 0 Å². The van der Waals surface area contributed by atoms with E-state index in [9.17, 15) is 13.2 Å². The molecule has 0 saturated heterocycles. The summed E-state index contributed by atoms with van der Waals surface area (Å²) in [6, 6.07) is 33.7. The third kappa shape index (κ3) is 9.36. The van der Waals surface area contributed by atoms with Crippen molar-refractivity contribution in [2.24, 2.45) is 0 Å². The predicted octanol–water partition coefficient (Wildman–Crippen LogP) is 8.53. The second-order valence-corrected chi connectivity index (χ2v) is 9.70. The molecule has 11 heteroatoms. The normalized spacial score (nSPS) is 9.90. The van der Waals surface area contributed by atoms with Gasteiger partial charge in [0.1, 0.15) is 0 Å². The second-order valence-electron chi connectivity index (χ2n) is 9.70. The molecule has 0 aliphatic heterocycles. The first-order valence-corrected chi connectivity index (χ1v) is 14.1. The molecule has 7 rings (SSSR count). The SMILES string of the molecule is Cc1c[c-]c(-c2ccccn2)c(F)c1.Fc1c[c-]c(-c2ccccn2)c(F)c1.[C-]#[N+]c1ccc(-c2n[n-]c(-c3ccccn3)n2)cc1.[Ir+3]. The van der Waals surface area contributed by atoms with Gasteiger partial charge in [0.25, 0.3) is 0 Å². The van der Waals surface area contributed by atoms with Crippen molar-refractivity contribution >= 4 is 5.69 Å². The van der Waals surface area contributed by atoms with Crippen molar-refractivity contribution in [3.05, 3.63) is 168 Å². The standard InChI is InChI=1S/C14H8N5.C12H9FN.C11H6F2N.Ir/c1-15-11-7-5-10(6-8-11)13-17-14(19-18-13)12-4-2-3-9-16-12;1-9-5-6-10(11(13)8-9)12-4-2-3-7-14-12;12-8-4-5-9(10(13)7-8)11-3-1-2-6-14-11;/h2-9H;2-5,7-8H,1H3;1-4,6-7H;/q3*-1;+3. The molecule has 0 N–H and O–H groups in total. The maximum absolute atomic E-state index is 13.5. The van der Waals surface area contributed by atoms with Crippen molar-refractivity contribution in [1.82, 2.24) is 30.1 Å². The summed E-state index contributed by atoms with van der Waals surface area (Å²) in [6.07, 6.45) is 4.88. The van der Waals surface area contributed by atoms with Gasteiger partial charge in [0.05, 0.1) is 18.1 Å². The maximum Gasteiger partial charge on any atom is 3.00 e. The predicted molar refractivity (Wildman–Crippen MR) is 172 cm³/mol. The van der Waals surface area contributed by atoms with Crippen LogP contribution in [-0.4, -0.2) is 25.0 Å². The van der Waals surface area contributed by atoms with Gasteiger partial charge >= 0.3 is 20.1 Å². The zero-order valence-electron chi connectivity index (χ0n) is 25.1. The first kappa shape index (κ1) is 35.0. The van der Waals surface area contributed by atoms with Gasteiger partial charge in [-0.3, -0.25) is 23.3 Å². The molecule has 3 aromatic carbocycles. The van der Waals surface area contributed by atoms with Gasteiger partial charge in [0, 0.05) is 36.0 Å². The monoisotopic (exact) mass is 815 g/mol. The molecule has 0 fully saturated rings. The fraction of sp³-hybridized carbons (Fsp3) is 0.0270. The minimum atomic E-state index is -0.649. The average molecular weight is 815 g/mol. The summed E-state index contributed by atoms with van der Waals surface area (Å²) in [6.45, 7) is 8.74. The van der Waals surface area contributed by atoms with E-state index in [4.69, 9.17) is 6.57 Å². The van der Waals surface area contributed by atoms with E-state index in [1.165, 1.54) is 6.07 Å². The molecule has 236 valence electrons. The third-order valence-electron chi connectivity index (χ3n) is 6.34. The Hall–Kier alpha value is -5.82. The van der Waals surface area contributed by atoms with Crippen LogP contribution in [0.1, 0.15) is 5.56 Å². The Bertz CT molecular complexity index is 2000. The minimum Gasteiger partial charge on any atom is -0.417 e. The largest absolute Gasteiger partial charge is 3.00 e. The molecule has 48 heavy (non-hydrogen) atoms. The molecule has 7 nitrogen and oxygen atoms in total. The Labute approximate surface area is 288 Å². The average Bonchev–Trinajstić information content (AvgIpc) is 3.61. The van der Waals surface area contributed by atoms with E-state index < -0.39 is 11.6 Å². The molecule has 0 unspecified atom stereocenters. The van der Waals surface area contributed by atoms with Crippen molar-refractivity contribution < 1.29 is 33.3 Å². The molecule has 0 atom stereocenters. The van der Waals surface area contributed by atoms with E-state index in [-0.39, 0.29) is 31.5 Å². The van der Waals surface area contributed by atoms with Crippen LogP contribution in [0.5, 0.6) is 0 Å². The third-order valence-corrected chi connectivity index (χ3v) is 6.34. The summed E-state index contributed by atoms with van der Waals surface area (Å²) in [5.41, 5.74) is 4.66. The zero-order chi connectivity index (χ0) is 33.0. The van der Waals surface area contributed by atoms with E-state index in [0.717, 1.165) is 23.3 Å². The van der Waals surface area contributed by atoms with Crippen LogP contribution < -0.4 is 5.10 Å². The fourth-order valence-corrected chi connectivity index (χ4v) is 4.08. The van der Waals surface area contributed by atoms with Crippen LogP contribution in [0.25, 0.3) is 50.3 Å². The van der Waals surface area contributed by atoms with Crippen molar-refractivity contribution in [2.45, 2.75) is 6.92 Å². The number of benzene rings is 3. The molecular formula is C37H23F3IrN7. The van der Waals surface area contributed by atoms with Crippen molar-refractivity contribution in [2.75, 3.05) is 0 Å². The number of aryl methyl sites for hydroxylation is 1. The summed E-state index contributed by atoms with van der Waals surface area (Å²) in [5, 5.41) is 8.06. The molecule has 0 amide bonds. The molecule has 0 spiro atoms. The summed E-state index contributed by atoms with van der Waals surface area (Å²) in [5.74, 6) is -0.517. The molecule has 0 bridgehead atoms. The number of aromatic nitrogens is 6. The molecule has 0 radical (unpaired) electrons. The molecule has 4 aromatic heterocycles. The smallest absolute Gasteiger partial charge is 0.417 e. The Kier molecular flexibility index (Phi) is 12.6. The van der Waals surface area contributed by atoms with Gasteiger partial charge in [-0.25, -0.2) is 4.85 Å². The van der Waals surface area contributed by atoms with E-state index in [1.807, 2.05) is 43.3 Å². The topological polar surface area (TPSA) is 82.9 Å². The van der Waals surface area contributed by atoms with Crippen LogP contribution in [0.2, 0.25) is 0 Å².